The third-order valence-corrected chi connectivity index (χ3v) is 8.11. The number of benzene rings is 1. The van der Waals surface area contributed by atoms with E-state index in [2.05, 4.69) is 15.2 Å². The molecule has 6 N–H and O–H groups in total. The summed E-state index contributed by atoms with van der Waals surface area (Å²) in [6.07, 6.45) is 1.54. The highest BCUT2D eigenvalue weighted by Gasteiger charge is 2.53. The van der Waals surface area contributed by atoms with Crippen LogP contribution in [0.15, 0.2) is 35.3 Å². The monoisotopic (exact) mass is 544 g/mol. The number of aromatic nitrogens is 2. The first-order chi connectivity index (χ1) is 18.1. The van der Waals surface area contributed by atoms with Crippen molar-refractivity contribution in [3.8, 4) is 5.69 Å². The van der Waals surface area contributed by atoms with E-state index in [4.69, 9.17) is 23.1 Å². The quantitative estimate of drug-likeness (QED) is 0.384. The standard InChI is InChI=1S/C25H33ClN8O4/c1-25(28,14-35)22(36)32-6-8-33(9-7-32)23(37)29-20-4-5-34(24(38)30-20)16-3-2-15(19(26)10-16)11-31-12-17-18(13-31)21(17)27/h2-5,10,17-18,21,35H,6-9,11-14,27-28H2,1H3,(H,29,30,37,38)/t17-,18+,21?,25-/m0/s1. The Labute approximate surface area is 225 Å². The maximum Gasteiger partial charge on any atom is 0.354 e. The van der Waals surface area contributed by atoms with Crippen molar-refractivity contribution in [2.45, 2.75) is 25.0 Å². The normalized spacial score (nSPS) is 24.6. The van der Waals surface area contributed by atoms with Gasteiger partial charge in [-0.15, -0.1) is 0 Å². The molecular formula is C25H33ClN8O4. The van der Waals surface area contributed by atoms with Crippen LogP contribution >= 0.6 is 11.6 Å². The molecule has 1 aromatic carbocycles. The average Bonchev–Trinajstić information content (AvgIpc) is 3.29. The number of hydrogen-bond acceptors (Lipinski definition) is 8. The van der Waals surface area contributed by atoms with Gasteiger partial charge in [0.05, 0.1) is 12.3 Å². The van der Waals surface area contributed by atoms with Gasteiger partial charge in [-0.25, -0.2) is 9.59 Å². The number of aliphatic hydroxyl groups is 1. The molecule has 4 atom stereocenters. The molecule has 0 spiro atoms. The largest absolute Gasteiger partial charge is 0.394 e. The molecule has 2 saturated heterocycles. The van der Waals surface area contributed by atoms with Gasteiger partial charge in [0.2, 0.25) is 5.91 Å². The molecule has 2 aromatic rings. The lowest BCUT2D eigenvalue weighted by molar-refractivity contribution is -0.139. The van der Waals surface area contributed by atoms with E-state index in [0.717, 1.165) is 25.2 Å². The molecule has 3 aliphatic rings. The van der Waals surface area contributed by atoms with Gasteiger partial charge < -0.3 is 26.4 Å². The third-order valence-electron chi connectivity index (χ3n) is 7.75. The van der Waals surface area contributed by atoms with Crippen molar-refractivity contribution in [2.75, 3.05) is 51.2 Å². The number of piperidine rings is 1. The van der Waals surface area contributed by atoms with Gasteiger partial charge in [-0.3, -0.25) is 19.6 Å². The van der Waals surface area contributed by atoms with E-state index in [1.807, 2.05) is 12.1 Å². The number of fused-ring (bicyclic) bond motifs is 1. The molecule has 2 aliphatic heterocycles. The van der Waals surface area contributed by atoms with Crippen molar-refractivity contribution < 1.29 is 14.7 Å². The lowest BCUT2D eigenvalue weighted by Gasteiger charge is -2.37. The molecule has 5 rings (SSSR count). The molecule has 12 nitrogen and oxygen atoms in total. The summed E-state index contributed by atoms with van der Waals surface area (Å²) in [5.74, 6) is 0.962. The zero-order valence-electron chi connectivity index (χ0n) is 21.2. The van der Waals surface area contributed by atoms with E-state index < -0.39 is 23.9 Å². The summed E-state index contributed by atoms with van der Waals surface area (Å²) in [6, 6.07) is 6.95. The van der Waals surface area contributed by atoms with Crippen molar-refractivity contribution in [2.24, 2.45) is 23.3 Å². The lowest BCUT2D eigenvalue weighted by atomic mass is 10.0. The molecule has 1 aliphatic carbocycles. The number of carbonyl (C=O) groups excluding carboxylic acids is 2. The van der Waals surface area contributed by atoms with E-state index in [-0.39, 0.29) is 37.9 Å². The Kier molecular flexibility index (Phi) is 7.18. The highest BCUT2D eigenvalue weighted by atomic mass is 35.5. The number of nitrogens with two attached hydrogens (primary N) is 2. The highest BCUT2D eigenvalue weighted by molar-refractivity contribution is 6.31. The molecule has 3 heterocycles. The van der Waals surface area contributed by atoms with Crippen molar-refractivity contribution >= 4 is 29.4 Å². The summed E-state index contributed by atoms with van der Waals surface area (Å²) < 4.78 is 1.37. The Morgan fingerprint density at radius 1 is 1.16 bits per heavy atom. The van der Waals surface area contributed by atoms with Gasteiger partial charge in [0.15, 0.2) is 0 Å². The zero-order chi connectivity index (χ0) is 27.2. The number of nitrogens with zero attached hydrogens (tertiary/aromatic N) is 5. The van der Waals surface area contributed by atoms with E-state index in [1.165, 1.54) is 21.3 Å². The molecule has 38 heavy (non-hydrogen) atoms. The van der Waals surface area contributed by atoms with Gasteiger partial charge in [-0.1, -0.05) is 17.7 Å². The fourth-order valence-electron chi connectivity index (χ4n) is 5.24. The van der Waals surface area contributed by atoms with Crippen LogP contribution in [0.5, 0.6) is 0 Å². The molecule has 0 bridgehead atoms. The first-order valence-corrected chi connectivity index (χ1v) is 13.1. The van der Waals surface area contributed by atoms with E-state index in [0.29, 0.717) is 28.6 Å². The van der Waals surface area contributed by atoms with Gasteiger partial charge in [0.25, 0.3) is 0 Å². The van der Waals surface area contributed by atoms with Gasteiger partial charge in [0.1, 0.15) is 11.4 Å². The van der Waals surface area contributed by atoms with Gasteiger partial charge in [0, 0.05) is 63.1 Å². The molecular weight excluding hydrogens is 512 g/mol. The van der Waals surface area contributed by atoms with Crippen LogP contribution < -0.4 is 22.5 Å². The second-order valence-electron chi connectivity index (χ2n) is 10.6. The van der Waals surface area contributed by atoms with Crippen LogP contribution in [0.1, 0.15) is 12.5 Å². The lowest BCUT2D eigenvalue weighted by Crippen LogP contribution is -2.60. The SMILES string of the molecule is C[C@](N)(CO)C(=O)N1CCN(C(=O)Nc2ccn(-c3ccc(CN4C[C@@H]5C(N)[C@@H]5C4)c(Cl)c3)c(=O)n2)CC1. The minimum atomic E-state index is -1.36. The Hall–Kier alpha value is -3.03. The molecule has 1 unspecified atom stereocenters. The molecule has 3 amide bonds. The van der Waals surface area contributed by atoms with Crippen molar-refractivity contribution in [3.63, 3.8) is 0 Å². The smallest absolute Gasteiger partial charge is 0.354 e. The first kappa shape index (κ1) is 26.6. The fraction of sp³-hybridized carbons (Fsp3) is 0.520. The number of likely N-dealkylation sites (tertiary alicyclic amines) is 1. The zero-order valence-corrected chi connectivity index (χ0v) is 22.0. The fourth-order valence-corrected chi connectivity index (χ4v) is 5.48. The maximum atomic E-state index is 12.7. The number of piperazine rings is 1. The Balaban J connectivity index is 1.17. The number of anilines is 1. The van der Waals surface area contributed by atoms with Crippen LogP contribution in [-0.2, 0) is 11.3 Å². The summed E-state index contributed by atoms with van der Waals surface area (Å²) in [4.78, 5) is 47.2. The number of carbonyl (C=O) groups is 2. The predicted molar refractivity (Wildman–Crippen MR) is 142 cm³/mol. The average molecular weight is 545 g/mol. The van der Waals surface area contributed by atoms with Gasteiger partial charge >= 0.3 is 11.7 Å². The minimum absolute atomic E-state index is 0.123. The summed E-state index contributed by atoms with van der Waals surface area (Å²) in [7, 11) is 0. The van der Waals surface area contributed by atoms with E-state index in [1.54, 1.807) is 18.3 Å². The minimum Gasteiger partial charge on any atom is -0.394 e. The van der Waals surface area contributed by atoms with Gasteiger partial charge in [-0.2, -0.15) is 4.98 Å². The predicted octanol–water partition coefficient (Wildman–Crippen LogP) is -0.339. The molecule has 0 radical (unpaired) electrons. The van der Waals surface area contributed by atoms with Gasteiger partial charge in [-0.05, 0) is 42.5 Å². The number of amides is 3. The number of aliphatic hydroxyl groups excluding tert-OH is 1. The number of urea groups is 1. The van der Waals surface area contributed by atoms with Crippen molar-refractivity contribution in [1.29, 1.82) is 0 Å². The summed E-state index contributed by atoms with van der Waals surface area (Å²) in [5, 5.41) is 12.5. The second-order valence-corrected chi connectivity index (χ2v) is 11.0. The van der Waals surface area contributed by atoms with Crippen LogP contribution in [-0.4, -0.2) is 98.8 Å². The summed E-state index contributed by atoms with van der Waals surface area (Å²) in [5.41, 5.74) is 11.5. The van der Waals surface area contributed by atoms with Crippen LogP contribution in [0.4, 0.5) is 10.6 Å². The van der Waals surface area contributed by atoms with Crippen LogP contribution in [0.3, 0.4) is 0 Å². The molecule has 1 aromatic heterocycles. The molecule has 1 saturated carbocycles. The van der Waals surface area contributed by atoms with Crippen molar-refractivity contribution in [1.82, 2.24) is 24.3 Å². The van der Waals surface area contributed by atoms with Crippen LogP contribution in [0.2, 0.25) is 5.02 Å². The molecule has 204 valence electrons. The first-order valence-electron chi connectivity index (χ1n) is 12.7. The molecule has 13 heteroatoms. The van der Waals surface area contributed by atoms with E-state index in [9.17, 15) is 19.5 Å². The van der Waals surface area contributed by atoms with Crippen molar-refractivity contribution in [3.05, 3.63) is 51.5 Å². The number of nitrogens with one attached hydrogen (secondary N) is 1. The Morgan fingerprint density at radius 3 is 2.42 bits per heavy atom. The number of rotatable bonds is 6. The van der Waals surface area contributed by atoms with E-state index >= 15 is 0 Å². The number of halogens is 1. The second kappa shape index (κ2) is 10.3. The summed E-state index contributed by atoms with van der Waals surface area (Å²) >= 11 is 6.54. The summed E-state index contributed by atoms with van der Waals surface area (Å²) in [6.45, 7) is 4.88. The Morgan fingerprint density at radius 2 is 1.82 bits per heavy atom. The highest BCUT2D eigenvalue weighted by Crippen LogP contribution is 2.44. The van der Waals surface area contributed by atoms with Crippen LogP contribution in [0.25, 0.3) is 5.69 Å². The topological polar surface area (TPSA) is 163 Å². The number of hydrogen-bond donors (Lipinski definition) is 4. The molecule has 3 fully saturated rings. The maximum absolute atomic E-state index is 12.7. The van der Waals surface area contributed by atoms with Crippen LogP contribution in [0, 0.1) is 11.8 Å². The Bertz CT molecular complexity index is 1280. The third kappa shape index (κ3) is 5.27.